The Morgan fingerprint density at radius 2 is 2.33 bits per heavy atom. The lowest BCUT2D eigenvalue weighted by Crippen LogP contribution is -2.34. The molecule has 0 aliphatic rings. The Morgan fingerprint density at radius 1 is 1.58 bits per heavy atom. The summed E-state index contributed by atoms with van der Waals surface area (Å²) in [5.41, 5.74) is 6.23. The van der Waals surface area contributed by atoms with Crippen LogP contribution in [0.4, 0.5) is 0 Å². The third kappa shape index (κ3) is 2.03. The topological polar surface area (TPSA) is 59.1 Å². The Bertz CT molecular complexity index is 234. The summed E-state index contributed by atoms with van der Waals surface area (Å²) in [4.78, 5) is 4.13. The van der Waals surface area contributed by atoms with Crippen LogP contribution in [0.15, 0.2) is 24.4 Å². The van der Waals surface area contributed by atoms with Gasteiger partial charge in [-0.3, -0.25) is 4.98 Å². The number of rotatable bonds is 3. The van der Waals surface area contributed by atoms with Gasteiger partial charge in [-0.25, -0.2) is 0 Å². The molecule has 1 heterocycles. The molecule has 0 fully saturated rings. The number of nitrogens with two attached hydrogens (primary N) is 1. The zero-order valence-electron chi connectivity index (χ0n) is 7.20. The lowest BCUT2D eigenvalue weighted by Gasteiger charge is -2.22. The first-order chi connectivity index (χ1) is 5.67. The van der Waals surface area contributed by atoms with Gasteiger partial charge in [-0.2, -0.15) is 0 Å². The van der Waals surface area contributed by atoms with E-state index in [-0.39, 0.29) is 6.61 Å². The van der Waals surface area contributed by atoms with Crippen LogP contribution in [0.3, 0.4) is 0 Å². The molecular formula is C9H14N2O. The molecule has 3 heteroatoms. The number of aromatic nitrogens is 1. The van der Waals surface area contributed by atoms with E-state index in [4.69, 9.17) is 10.8 Å². The van der Waals surface area contributed by atoms with Gasteiger partial charge in [-0.05, 0) is 25.5 Å². The summed E-state index contributed by atoms with van der Waals surface area (Å²) < 4.78 is 0. The van der Waals surface area contributed by atoms with Crippen molar-refractivity contribution in [1.82, 2.24) is 4.98 Å². The molecule has 0 saturated carbocycles. The fourth-order valence-electron chi connectivity index (χ4n) is 1.06. The molecule has 1 aromatic rings. The molecule has 3 N–H and O–H groups in total. The SMILES string of the molecule is C[C@@](N)(CCO)c1ccccn1. The molecule has 0 aliphatic carbocycles. The number of pyridine rings is 1. The monoisotopic (exact) mass is 166 g/mol. The molecule has 1 atom stereocenters. The van der Waals surface area contributed by atoms with Gasteiger partial charge in [0.1, 0.15) is 0 Å². The first-order valence-corrected chi connectivity index (χ1v) is 3.98. The molecular weight excluding hydrogens is 152 g/mol. The van der Waals surface area contributed by atoms with E-state index < -0.39 is 5.54 Å². The Hall–Kier alpha value is -0.930. The van der Waals surface area contributed by atoms with E-state index >= 15 is 0 Å². The summed E-state index contributed by atoms with van der Waals surface area (Å²) in [5, 5.41) is 8.76. The van der Waals surface area contributed by atoms with Gasteiger partial charge in [-0.1, -0.05) is 6.07 Å². The molecule has 1 aromatic heterocycles. The fraction of sp³-hybridized carbons (Fsp3) is 0.444. The van der Waals surface area contributed by atoms with Gasteiger partial charge in [0.15, 0.2) is 0 Å². The van der Waals surface area contributed by atoms with Crippen LogP contribution in [0.25, 0.3) is 0 Å². The van der Waals surface area contributed by atoms with Gasteiger partial charge >= 0.3 is 0 Å². The quantitative estimate of drug-likeness (QED) is 0.692. The second kappa shape index (κ2) is 3.65. The largest absolute Gasteiger partial charge is 0.396 e. The molecule has 0 aromatic carbocycles. The van der Waals surface area contributed by atoms with Gasteiger partial charge in [0, 0.05) is 12.8 Å². The van der Waals surface area contributed by atoms with Crippen molar-refractivity contribution in [3.8, 4) is 0 Å². The maximum Gasteiger partial charge on any atom is 0.0600 e. The number of nitrogens with zero attached hydrogens (tertiary/aromatic N) is 1. The predicted octanol–water partition coefficient (Wildman–Crippen LogP) is 0.638. The fourth-order valence-corrected chi connectivity index (χ4v) is 1.06. The predicted molar refractivity (Wildman–Crippen MR) is 47.5 cm³/mol. The van der Waals surface area contributed by atoms with Gasteiger partial charge < -0.3 is 10.8 Å². The van der Waals surface area contributed by atoms with E-state index in [1.54, 1.807) is 6.20 Å². The van der Waals surface area contributed by atoms with Gasteiger partial charge in [0.25, 0.3) is 0 Å². The summed E-state index contributed by atoms with van der Waals surface area (Å²) in [6, 6.07) is 5.61. The van der Waals surface area contributed by atoms with E-state index in [1.165, 1.54) is 0 Å². The Labute approximate surface area is 72.2 Å². The first kappa shape index (κ1) is 9.16. The zero-order valence-corrected chi connectivity index (χ0v) is 7.20. The minimum absolute atomic E-state index is 0.0869. The molecule has 66 valence electrons. The average molecular weight is 166 g/mol. The average Bonchev–Trinajstić information content (AvgIpc) is 2.06. The summed E-state index contributed by atoms with van der Waals surface area (Å²) in [6.07, 6.45) is 2.24. The highest BCUT2D eigenvalue weighted by atomic mass is 16.3. The van der Waals surface area contributed by atoms with Crippen molar-refractivity contribution in [3.63, 3.8) is 0 Å². The maximum absolute atomic E-state index is 8.76. The van der Waals surface area contributed by atoms with E-state index in [0.717, 1.165) is 5.69 Å². The van der Waals surface area contributed by atoms with Crippen molar-refractivity contribution in [2.75, 3.05) is 6.61 Å². The molecule has 0 amide bonds. The van der Waals surface area contributed by atoms with Crippen LogP contribution in [-0.2, 0) is 5.54 Å². The Kier molecular flexibility index (Phi) is 2.78. The molecule has 0 radical (unpaired) electrons. The zero-order chi connectivity index (χ0) is 9.03. The summed E-state index contributed by atoms with van der Waals surface area (Å²) >= 11 is 0. The first-order valence-electron chi connectivity index (χ1n) is 3.98. The van der Waals surface area contributed by atoms with Crippen LogP contribution < -0.4 is 5.73 Å². The van der Waals surface area contributed by atoms with Crippen molar-refractivity contribution >= 4 is 0 Å². The van der Waals surface area contributed by atoms with Crippen molar-refractivity contribution in [2.45, 2.75) is 18.9 Å². The van der Waals surface area contributed by atoms with Crippen LogP contribution >= 0.6 is 0 Å². The lowest BCUT2D eigenvalue weighted by atomic mass is 9.95. The third-order valence-electron chi connectivity index (χ3n) is 1.88. The smallest absolute Gasteiger partial charge is 0.0600 e. The summed E-state index contributed by atoms with van der Waals surface area (Å²) in [5.74, 6) is 0. The summed E-state index contributed by atoms with van der Waals surface area (Å²) in [6.45, 7) is 1.95. The normalized spacial score (nSPS) is 15.6. The van der Waals surface area contributed by atoms with Crippen LogP contribution in [0.5, 0.6) is 0 Å². The Balaban J connectivity index is 2.82. The van der Waals surface area contributed by atoms with E-state index in [9.17, 15) is 0 Å². The minimum atomic E-state index is -0.518. The van der Waals surface area contributed by atoms with Crippen molar-refractivity contribution < 1.29 is 5.11 Å². The molecule has 0 spiro atoms. The standard InChI is InChI=1S/C9H14N2O/c1-9(10,5-7-12)8-4-2-3-6-11-8/h2-4,6,12H,5,7,10H2,1H3/t9-/m1/s1. The molecule has 0 aliphatic heterocycles. The number of hydrogen-bond donors (Lipinski definition) is 2. The second-order valence-corrected chi connectivity index (χ2v) is 3.11. The van der Waals surface area contributed by atoms with E-state index in [1.807, 2.05) is 25.1 Å². The number of aliphatic hydroxyl groups is 1. The van der Waals surface area contributed by atoms with Gasteiger partial charge in [0.05, 0.1) is 11.2 Å². The molecule has 0 bridgehead atoms. The van der Waals surface area contributed by atoms with Gasteiger partial charge in [0.2, 0.25) is 0 Å². The highest BCUT2D eigenvalue weighted by Gasteiger charge is 2.20. The van der Waals surface area contributed by atoms with Crippen molar-refractivity contribution in [2.24, 2.45) is 5.73 Å². The van der Waals surface area contributed by atoms with Crippen LogP contribution in [0.2, 0.25) is 0 Å². The second-order valence-electron chi connectivity index (χ2n) is 3.11. The minimum Gasteiger partial charge on any atom is -0.396 e. The van der Waals surface area contributed by atoms with Crippen molar-refractivity contribution in [3.05, 3.63) is 30.1 Å². The van der Waals surface area contributed by atoms with Crippen LogP contribution in [-0.4, -0.2) is 16.7 Å². The molecule has 0 saturated heterocycles. The Morgan fingerprint density at radius 3 is 2.83 bits per heavy atom. The molecule has 3 nitrogen and oxygen atoms in total. The lowest BCUT2D eigenvalue weighted by molar-refractivity contribution is 0.245. The van der Waals surface area contributed by atoms with Crippen LogP contribution in [0.1, 0.15) is 19.0 Å². The highest BCUT2D eigenvalue weighted by Crippen LogP contribution is 2.17. The number of aliphatic hydroxyl groups excluding tert-OH is 1. The van der Waals surface area contributed by atoms with Crippen LogP contribution in [0, 0.1) is 0 Å². The molecule has 0 unspecified atom stereocenters. The molecule has 1 rings (SSSR count). The van der Waals surface area contributed by atoms with E-state index in [0.29, 0.717) is 6.42 Å². The summed E-state index contributed by atoms with van der Waals surface area (Å²) in [7, 11) is 0. The van der Waals surface area contributed by atoms with Gasteiger partial charge in [-0.15, -0.1) is 0 Å². The third-order valence-corrected chi connectivity index (χ3v) is 1.88. The highest BCUT2D eigenvalue weighted by molar-refractivity contribution is 5.13. The van der Waals surface area contributed by atoms with E-state index in [2.05, 4.69) is 4.98 Å². The molecule has 12 heavy (non-hydrogen) atoms. The maximum atomic E-state index is 8.76. The van der Waals surface area contributed by atoms with Crippen molar-refractivity contribution in [1.29, 1.82) is 0 Å². The number of hydrogen-bond acceptors (Lipinski definition) is 3.